The first-order valence-electron chi connectivity index (χ1n) is 9.52. The van der Waals surface area contributed by atoms with Gasteiger partial charge in [0.1, 0.15) is 10.6 Å². The first-order chi connectivity index (χ1) is 13.3. The second kappa shape index (κ2) is 8.48. The topological polar surface area (TPSA) is 102 Å². The number of piperidine rings is 1. The van der Waals surface area contributed by atoms with Crippen LogP contribution in [0.5, 0.6) is 5.75 Å². The van der Waals surface area contributed by atoms with Gasteiger partial charge in [0.05, 0.1) is 12.7 Å². The van der Waals surface area contributed by atoms with Gasteiger partial charge in [-0.05, 0) is 57.2 Å². The SMILES string of the molecule is COc1ccc(C(=O)O[C@@H](C)C(=O)N2CCCCC2)cc1S(=O)(=O)NC1CC1. The lowest BCUT2D eigenvalue weighted by atomic mass is 10.1. The van der Waals surface area contributed by atoms with E-state index in [9.17, 15) is 18.0 Å². The molecule has 3 rings (SSSR count). The molecule has 0 spiro atoms. The van der Waals surface area contributed by atoms with Gasteiger partial charge >= 0.3 is 5.97 Å². The number of carbonyl (C=O) groups is 2. The number of nitrogens with one attached hydrogen (secondary N) is 1. The van der Waals surface area contributed by atoms with Gasteiger partial charge in [0.2, 0.25) is 10.0 Å². The zero-order valence-electron chi connectivity index (χ0n) is 16.1. The minimum atomic E-state index is -3.82. The van der Waals surface area contributed by atoms with E-state index in [1.807, 2.05) is 0 Å². The number of hydrogen-bond donors (Lipinski definition) is 1. The van der Waals surface area contributed by atoms with Crippen molar-refractivity contribution in [3.8, 4) is 5.75 Å². The number of ether oxygens (including phenoxy) is 2. The lowest BCUT2D eigenvalue weighted by molar-refractivity contribution is -0.140. The van der Waals surface area contributed by atoms with Crippen LogP contribution in [0, 0.1) is 0 Å². The van der Waals surface area contributed by atoms with Gasteiger partial charge < -0.3 is 14.4 Å². The summed E-state index contributed by atoms with van der Waals surface area (Å²) in [6, 6.07) is 3.99. The van der Waals surface area contributed by atoms with E-state index in [4.69, 9.17) is 9.47 Å². The smallest absolute Gasteiger partial charge is 0.338 e. The van der Waals surface area contributed by atoms with Gasteiger partial charge in [0, 0.05) is 19.1 Å². The lowest BCUT2D eigenvalue weighted by Gasteiger charge is -2.28. The molecule has 2 aliphatic rings. The Bertz CT molecular complexity index is 844. The zero-order chi connectivity index (χ0) is 20.3. The Hall–Kier alpha value is -2.13. The fraction of sp³-hybridized carbons (Fsp3) is 0.579. The van der Waals surface area contributed by atoms with Crippen molar-refractivity contribution in [1.82, 2.24) is 9.62 Å². The summed E-state index contributed by atoms with van der Waals surface area (Å²) in [4.78, 5) is 26.5. The van der Waals surface area contributed by atoms with Crippen LogP contribution in [0.2, 0.25) is 0 Å². The highest BCUT2D eigenvalue weighted by Crippen LogP contribution is 2.28. The molecule has 1 saturated carbocycles. The summed E-state index contributed by atoms with van der Waals surface area (Å²) in [6.45, 7) is 2.86. The fourth-order valence-electron chi connectivity index (χ4n) is 3.15. The molecule has 154 valence electrons. The minimum Gasteiger partial charge on any atom is -0.495 e. The van der Waals surface area contributed by atoms with Crippen LogP contribution in [-0.2, 0) is 19.6 Å². The Kier molecular flexibility index (Phi) is 6.24. The maximum atomic E-state index is 12.6. The van der Waals surface area contributed by atoms with Crippen LogP contribution in [-0.4, -0.2) is 57.5 Å². The largest absolute Gasteiger partial charge is 0.495 e. The predicted molar refractivity (Wildman–Crippen MR) is 102 cm³/mol. The second-order valence-corrected chi connectivity index (χ2v) is 8.88. The molecule has 0 unspecified atom stereocenters. The third-order valence-corrected chi connectivity index (χ3v) is 6.43. The fourth-order valence-corrected chi connectivity index (χ4v) is 4.65. The monoisotopic (exact) mass is 410 g/mol. The molecule has 0 aromatic heterocycles. The average molecular weight is 410 g/mol. The number of likely N-dealkylation sites (tertiary alicyclic amines) is 1. The molecule has 28 heavy (non-hydrogen) atoms. The van der Waals surface area contributed by atoms with E-state index in [1.165, 1.54) is 32.2 Å². The highest BCUT2D eigenvalue weighted by atomic mass is 32.2. The molecule has 0 bridgehead atoms. The number of benzene rings is 1. The molecule has 1 heterocycles. The minimum absolute atomic E-state index is 0.0512. The van der Waals surface area contributed by atoms with Crippen LogP contribution in [0.15, 0.2) is 23.1 Å². The molecule has 1 saturated heterocycles. The van der Waals surface area contributed by atoms with Crippen LogP contribution in [0.1, 0.15) is 49.4 Å². The lowest BCUT2D eigenvalue weighted by Crippen LogP contribution is -2.42. The molecule has 2 fully saturated rings. The van der Waals surface area contributed by atoms with Gasteiger partial charge in [-0.15, -0.1) is 0 Å². The molecule has 1 amide bonds. The summed E-state index contributed by atoms with van der Waals surface area (Å²) >= 11 is 0. The van der Waals surface area contributed by atoms with E-state index >= 15 is 0 Å². The Balaban J connectivity index is 1.74. The van der Waals surface area contributed by atoms with Gasteiger partial charge in [0.25, 0.3) is 5.91 Å². The summed E-state index contributed by atoms with van der Waals surface area (Å²) < 4.78 is 38.1. The van der Waals surface area contributed by atoms with Crippen LogP contribution in [0.4, 0.5) is 0 Å². The molecular weight excluding hydrogens is 384 g/mol. The van der Waals surface area contributed by atoms with Crippen LogP contribution < -0.4 is 9.46 Å². The first-order valence-corrected chi connectivity index (χ1v) is 11.0. The van der Waals surface area contributed by atoms with E-state index in [1.54, 1.807) is 4.90 Å². The number of hydrogen-bond acceptors (Lipinski definition) is 6. The van der Waals surface area contributed by atoms with Crippen molar-refractivity contribution >= 4 is 21.9 Å². The molecule has 1 aliphatic carbocycles. The Morgan fingerprint density at radius 3 is 2.46 bits per heavy atom. The van der Waals surface area contributed by atoms with Crippen LogP contribution in [0.3, 0.4) is 0 Å². The molecule has 1 aliphatic heterocycles. The first kappa shape index (κ1) is 20.6. The number of sulfonamides is 1. The van der Waals surface area contributed by atoms with Crippen molar-refractivity contribution < 1.29 is 27.5 Å². The summed E-state index contributed by atoms with van der Waals surface area (Å²) in [6.07, 6.45) is 3.63. The summed E-state index contributed by atoms with van der Waals surface area (Å²) in [7, 11) is -2.45. The van der Waals surface area contributed by atoms with Crippen molar-refractivity contribution in [3.63, 3.8) is 0 Å². The van der Waals surface area contributed by atoms with Crippen molar-refractivity contribution in [3.05, 3.63) is 23.8 Å². The predicted octanol–water partition coefficient (Wildman–Crippen LogP) is 1.69. The summed E-state index contributed by atoms with van der Waals surface area (Å²) in [5, 5.41) is 0. The van der Waals surface area contributed by atoms with Crippen molar-refractivity contribution in [2.24, 2.45) is 0 Å². The van der Waals surface area contributed by atoms with Crippen LogP contribution >= 0.6 is 0 Å². The number of amides is 1. The third kappa shape index (κ3) is 4.82. The van der Waals surface area contributed by atoms with Gasteiger partial charge in [-0.25, -0.2) is 17.9 Å². The highest BCUT2D eigenvalue weighted by molar-refractivity contribution is 7.89. The van der Waals surface area contributed by atoms with Crippen molar-refractivity contribution in [2.45, 2.75) is 56.1 Å². The van der Waals surface area contributed by atoms with E-state index in [-0.39, 0.29) is 28.2 Å². The maximum Gasteiger partial charge on any atom is 0.338 e. The molecule has 1 N–H and O–H groups in total. The number of esters is 1. The molecule has 9 heteroatoms. The molecule has 8 nitrogen and oxygen atoms in total. The molecule has 1 aromatic carbocycles. The van der Waals surface area contributed by atoms with E-state index < -0.39 is 22.1 Å². The maximum absolute atomic E-state index is 12.6. The molecule has 1 atom stereocenters. The van der Waals surface area contributed by atoms with Gasteiger partial charge in [0.15, 0.2) is 6.10 Å². The van der Waals surface area contributed by atoms with E-state index in [2.05, 4.69) is 4.72 Å². The number of methoxy groups -OCH3 is 1. The molecular formula is C19H26N2O6S. The quantitative estimate of drug-likeness (QED) is 0.687. The number of carbonyl (C=O) groups excluding carboxylic acids is 2. The summed E-state index contributed by atoms with van der Waals surface area (Å²) in [5.74, 6) is -0.838. The zero-order valence-corrected chi connectivity index (χ0v) is 17.0. The summed E-state index contributed by atoms with van der Waals surface area (Å²) in [5.41, 5.74) is 0.0512. The van der Waals surface area contributed by atoms with Crippen molar-refractivity contribution in [1.29, 1.82) is 0 Å². The Morgan fingerprint density at radius 2 is 1.86 bits per heavy atom. The van der Waals surface area contributed by atoms with E-state index in [0.29, 0.717) is 13.1 Å². The van der Waals surface area contributed by atoms with Gasteiger partial charge in [-0.2, -0.15) is 0 Å². The van der Waals surface area contributed by atoms with Crippen LogP contribution in [0.25, 0.3) is 0 Å². The average Bonchev–Trinajstić information content (AvgIpc) is 3.50. The van der Waals surface area contributed by atoms with Gasteiger partial charge in [-0.3, -0.25) is 4.79 Å². The Labute approximate surface area is 165 Å². The standard InChI is InChI=1S/C19H26N2O6S/c1-13(18(22)21-10-4-3-5-11-21)27-19(23)14-6-9-16(26-2)17(12-14)28(24,25)20-15-7-8-15/h6,9,12-13,15,20H,3-5,7-8,10-11H2,1-2H3/t13-/m0/s1. The molecule has 1 aromatic rings. The number of rotatable bonds is 7. The van der Waals surface area contributed by atoms with Crippen molar-refractivity contribution in [2.75, 3.05) is 20.2 Å². The van der Waals surface area contributed by atoms with E-state index in [0.717, 1.165) is 32.1 Å². The number of nitrogens with zero attached hydrogens (tertiary/aromatic N) is 1. The third-order valence-electron chi connectivity index (χ3n) is 4.89. The highest BCUT2D eigenvalue weighted by Gasteiger charge is 2.31. The van der Waals surface area contributed by atoms with Gasteiger partial charge in [-0.1, -0.05) is 0 Å². The molecule has 0 radical (unpaired) electrons. The normalized spacial score (nSPS) is 18.4. The Morgan fingerprint density at radius 1 is 1.18 bits per heavy atom. The second-order valence-electron chi connectivity index (χ2n) is 7.19.